The first-order valence-corrected chi connectivity index (χ1v) is 6.73. The number of amides is 2. The summed E-state index contributed by atoms with van der Waals surface area (Å²) in [6.07, 6.45) is 1.68. The van der Waals surface area contributed by atoms with Crippen LogP contribution in [-0.2, 0) is 9.59 Å². The highest BCUT2D eigenvalue weighted by Gasteiger charge is 2.07. The molecule has 5 nitrogen and oxygen atoms in total. The fourth-order valence-electron chi connectivity index (χ4n) is 1.33. The lowest BCUT2D eigenvalue weighted by atomic mass is 10.3. The summed E-state index contributed by atoms with van der Waals surface area (Å²) >= 11 is 1.30. The molecule has 2 amide bonds. The van der Waals surface area contributed by atoms with Crippen LogP contribution in [0.5, 0.6) is 0 Å². The van der Waals surface area contributed by atoms with Gasteiger partial charge in [-0.05, 0) is 12.1 Å². The molecule has 0 saturated carbocycles. The molecule has 0 radical (unpaired) electrons. The SMILES string of the molecule is C=CCNCC(=O)Nc1ccccc1SCC(N)=O. The molecular weight excluding hydrogens is 262 g/mol. The van der Waals surface area contributed by atoms with E-state index in [1.807, 2.05) is 18.2 Å². The highest BCUT2D eigenvalue weighted by atomic mass is 32.2. The second kappa shape index (κ2) is 8.34. The van der Waals surface area contributed by atoms with Crippen molar-refractivity contribution in [1.82, 2.24) is 5.32 Å². The predicted molar refractivity (Wildman–Crippen MR) is 78.1 cm³/mol. The van der Waals surface area contributed by atoms with E-state index < -0.39 is 5.91 Å². The number of hydrogen-bond acceptors (Lipinski definition) is 4. The van der Waals surface area contributed by atoms with Crippen LogP contribution in [0.1, 0.15) is 0 Å². The standard InChI is InChI=1S/C13H17N3O2S/c1-2-7-15-8-13(18)16-10-5-3-4-6-11(10)19-9-12(14)17/h2-6,15H,1,7-9H2,(H2,14,17)(H,16,18). The Hall–Kier alpha value is -1.79. The van der Waals surface area contributed by atoms with Gasteiger partial charge in [-0.1, -0.05) is 18.2 Å². The van der Waals surface area contributed by atoms with Crippen molar-refractivity contribution in [3.63, 3.8) is 0 Å². The number of nitrogens with one attached hydrogen (secondary N) is 2. The average Bonchev–Trinajstić information content (AvgIpc) is 2.38. The third kappa shape index (κ3) is 6.08. The molecule has 1 aromatic rings. The minimum absolute atomic E-state index is 0.144. The third-order valence-electron chi connectivity index (χ3n) is 2.11. The summed E-state index contributed by atoms with van der Waals surface area (Å²) < 4.78 is 0. The number of para-hydroxylation sites is 1. The fourth-order valence-corrected chi connectivity index (χ4v) is 2.07. The van der Waals surface area contributed by atoms with E-state index in [0.717, 1.165) is 4.90 Å². The quantitative estimate of drug-likeness (QED) is 0.376. The summed E-state index contributed by atoms with van der Waals surface area (Å²) in [7, 11) is 0. The van der Waals surface area contributed by atoms with Crippen LogP contribution < -0.4 is 16.4 Å². The van der Waals surface area contributed by atoms with Crippen LogP contribution in [-0.4, -0.2) is 30.7 Å². The zero-order valence-electron chi connectivity index (χ0n) is 10.5. The molecule has 0 aliphatic rings. The lowest BCUT2D eigenvalue weighted by molar-refractivity contribution is -0.116. The van der Waals surface area contributed by atoms with E-state index in [9.17, 15) is 9.59 Å². The van der Waals surface area contributed by atoms with Crippen molar-refractivity contribution in [2.24, 2.45) is 5.73 Å². The summed E-state index contributed by atoms with van der Waals surface area (Å²) in [5.41, 5.74) is 5.79. The number of carbonyl (C=O) groups excluding carboxylic acids is 2. The first-order chi connectivity index (χ1) is 9.13. The lowest BCUT2D eigenvalue weighted by Crippen LogP contribution is -2.28. The second-order valence-electron chi connectivity index (χ2n) is 3.72. The number of nitrogens with two attached hydrogens (primary N) is 1. The molecule has 1 rings (SSSR count). The van der Waals surface area contributed by atoms with Crippen LogP contribution in [0.2, 0.25) is 0 Å². The lowest BCUT2D eigenvalue weighted by Gasteiger charge is -2.10. The Kier molecular flexibility index (Phi) is 6.70. The van der Waals surface area contributed by atoms with Gasteiger partial charge in [0, 0.05) is 11.4 Å². The largest absolute Gasteiger partial charge is 0.369 e. The Morgan fingerprint density at radius 2 is 2.11 bits per heavy atom. The van der Waals surface area contributed by atoms with E-state index in [4.69, 9.17) is 5.73 Å². The number of benzene rings is 1. The van der Waals surface area contributed by atoms with Crippen LogP contribution in [0, 0.1) is 0 Å². The molecule has 0 heterocycles. The maximum absolute atomic E-state index is 11.7. The fraction of sp³-hybridized carbons (Fsp3) is 0.231. The topological polar surface area (TPSA) is 84.2 Å². The summed E-state index contributed by atoms with van der Waals surface area (Å²) in [5.74, 6) is -0.352. The second-order valence-corrected chi connectivity index (χ2v) is 4.74. The normalized spacial score (nSPS) is 9.89. The first-order valence-electron chi connectivity index (χ1n) is 5.75. The Labute approximate surface area is 116 Å². The minimum atomic E-state index is -0.390. The first kappa shape index (κ1) is 15.3. The average molecular weight is 279 g/mol. The number of rotatable bonds is 8. The van der Waals surface area contributed by atoms with Gasteiger partial charge in [0.25, 0.3) is 0 Å². The van der Waals surface area contributed by atoms with Crippen LogP contribution in [0.25, 0.3) is 0 Å². The monoisotopic (exact) mass is 279 g/mol. The van der Waals surface area contributed by atoms with Gasteiger partial charge in [-0.25, -0.2) is 0 Å². The zero-order chi connectivity index (χ0) is 14.1. The van der Waals surface area contributed by atoms with Crippen LogP contribution in [0.4, 0.5) is 5.69 Å². The van der Waals surface area contributed by atoms with Crippen molar-refractivity contribution in [2.45, 2.75) is 4.90 Å². The Morgan fingerprint density at radius 3 is 2.79 bits per heavy atom. The smallest absolute Gasteiger partial charge is 0.238 e. The molecule has 4 N–H and O–H groups in total. The summed E-state index contributed by atoms with van der Waals surface area (Å²) in [5, 5.41) is 5.70. The molecule has 0 fully saturated rings. The van der Waals surface area contributed by atoms with E-state index in [0.29, 0.717) is 12.2 Å². The Balaban J connectivity index is 2.58. The molecule has 0 aliphatic carbocycles. The molecule has 19 heavy (non-hydrogen) atoms. The highest BCUT2D eigenvalue weighted by Crippen LogP contribution is 2.26. The van der Waals surface area contributed by atoms with Crippen molar-refractivity contribution in [1.29, 1.82) is 0 Å². The van der Waals surface area contributed by atoms with Crippen molar-refractivity contribution in [2.75, 3.05) is 24.2 Å². The molecule has 102 valence electrons. The summed E-state index contributed by atoms with van der Waals surface area (Å²) in [6, 6.07) is 7.28. The van der Waals surface area contributed by atoms with Crippen LogP contribution >= 0.6 is 11.8 Å². The number of thioether (sulfide) groups is 1. The van der Waals surface area contributed by atoms with Crippen LogP contribution in [0.15, 0.2) is 41.8 Å². The Bertz CT molecular complexity index is 463. The molecule has 0 aliphatic heterocycles. The van der Waals surface area contributed by atoms with Crippen molar-refractivity contribution < 1.29 is 9.59 Å². The molecule has 0 unspecified atom stereocenters. The molecule has 0 spiro atoms. The van der Waals surface area contributed by atoms with Gasteiger partial charge in [0.15, 0.2) is 0 Å². The van der Waals surface area contributed by atoms with Crippen LogP contribution in [0.3, 0.4) is 0 Å². The van der Waals surface area contributed by atoms with E-state index >= 15 is 0 Å². The van der Waals surface area contributed by atoms with Gasteiger partial charge in [0.05, 0.1) is 18.0 Å². The van der Waals surface area contributed by atoms with Gasteiger partial charge in [-0.3, -0.25) is 9.59 Å². The minimum Gasteiger partial charge on any atom is -0.369 e. The Morgan fingerprint density at radius 1 is 1.37 bits per heavy atom. The predicted octanol–water partition coefficient (Wildman–Crippen LogP) is 0.978. The zero-order valence-corrected chi connectivity index (χ0v) is 11.3. The number of primary amides is 1. The molecule has 0 saturated heterocycles. The number of hydrogen-bond donors (Lipinski definition) is 3. The van der Waals surface area contributed by atoms with Gasteiger partial charge < -0.3 is 16.4 Å². The van der Waals surface area contributed by atoms with E-state index in [-0.39, 0.29) is 18.2 Å². The van der Waals surface area contributed by atoms with Gasteiger partial charge in [-0.2, -0.15) is 0 Å². The number of carbonyl (C=O) groups is 2. The molecular formula is C13H17N3O2S. The van der Waals surface area contributed by atoms with E-state index in [1.165, 1.54) is 11.8 Å². The third-order valence-corrected chi connectivity index (χ3v) is 3.20. The molecule has 1 aromatic carbocycles. The van der Waals surface area contributed by atoms with Crippen molar-refractivity contribution in [3.05, 3.63) is 36.9 Å². The van der Waals surface area contributed by atoms with Gasteiger partial charge in [-0.15, -0.1) is 18.3 Å². The van der Waals surface area contributed by atoms with Crippen molar-refractivity contribution >= 4 is 29.3 Å². The highest BCUT2D eigenvalue weighted by molar-refractivity contribution is 8.00. The number of anilines is 1. The molecule has 0 aromatic heterocycles. The van der Waals surface area contributed by atoms with Gasteiger partial charge in [0.1, 0.15) is 0 Å². The van der Waals surface area contributed by atoms with Gasteiger partial charge >= 0.3 is 0 Å². The summed E-state index contributed by atoms with van der Waals surface area (Å²) in [6.45, 7) is 4.34. The van der Waals surface area contributed by atoms with Crippen molar-refractivity contribution in [3.8, 4) is 0 Å². The van der Waals surface area contributed by atoms with E-state index in [1.54, 1.807) is 12.1 Å². The van der Waals surface area contributed by atoms with Gasteiger partial charge in [0.2, 0.25) is 11.8 Å². The molecule has 6 heteroatoms. The maximum Gasteiger partial charge on any atom is 0.238 e. The maximum atomic E-state index is 11.7. The molecule has 0 bridgehead atoms. The summed E-state index contributed by atoms with van der Waals surface area (Å²) in [4.78, 5) is 23.3. The van der Waals surface area contributed by atoms with E-state index in [2.05, 4.69) is 17.2 Å². The molecule has 0 atom stereocenters.